The Morgan fingerprint density at radius 3 is 2.60 bits per heavy atom. The fourth-order valence-electron chi connectivity index (χ4n) is 3.42. The number of hydrogen-bond acceptors (Lipinski definition) is 5. The number of ether oxygens (including phenoxy) is 1. The maximum atomic E-state index is 13.0. The normalized spacial score (nSPS) is 16.6. The summed E-state index contributed by atoms with van der Waals surface area (Å²) in [6, 6.07) is 12.5. The molecule has 1 aromatic heterocycles. The van der Waals surface area contributed by atoms with Crippen LogP contribution in [0, 0.1) is 13.8 Å². The molecule has 1 N–H and O–H groups in total. The molecule has 0 spiro atoms. The van der Waals surface area contributed by atoms with Gasteiger partial charge in [-0.1, -0.05) is 17.7 Å². The average Bonchev–Trinajstić information content (AvgIpc) is 3.16. The van der Waals surface area contributed by atoms with Gasteiger partial charge in [-0.15, -0.1) is 11.3 Å². The molecule has 154 valence electrons. The SMILES string of the molecule is Cc1ccc(NC(=O)C(C)N2C(=O)C(C)Oc3ccc(-c4csc(C)n4)cc32)cc1. The van der Waals surface area contributed by atoms with Gasteiger partial charge < -0.3 is 10.1 Å². The molecule has 2 unspecified atom stereocenters. The molecule has 0 fully saturated rings. The molecule has 0 bridgehead atoms. The summed E-state index contributed by atoms with van der Waals surface area (Å²) in [6.45, 7) is 7.36. The zero-order valence-electron chi connectivity index (χ0n) is 17.3. The Morgan fingerprint density at radius 1 is 1.20 bits per heavy atom. The van der Waals surface area contributed by atoms with Gasteiger partial charge in [0.05, 0.1) is 16.4 Å². The Labute approximate surface area is 179 Å². The Bertz CT molecular complexity index is 1110. The second-order valence-electron chi connectivity index (χ2n) is 7.43. The molecule has 2 heterocycles. The van der Waals surface area contributed by atoms with Gasteiger partial charge in [0.2, 0.25) is 5.91 Å². The summed E-state index contributed by atoms with van der Waals surface area (Å²) in [7, 11) is 0. The lowest BCUT2D eigenvalue weighted by Gasteiger charge is -2.36. The van der Waals surface area contributed by atoms with Gasteiger partial charge in [0.1, 0.15) is 11.8 Å². The van der Waals surface area contributed by atoms with Gasteiger partial charge in [-0.05, 0) is 58.0 Å². The molecule has 0 aliphatic carbocycles. The molecule has 7 heteroatoms. The maximum Gasteiger partial charge on any atom is 0.268 e. The third-order valence-corrected chi connectivity index (χ3v) is 5.88. The van der Waals surface area contributed by atoms with Crippen LogP contribution >= 0.6 is 11.3 Å². The number of amides is 2. The number of carbonyl (C=O) groups is 2. The second kappa shape index (κ2) is 7.91. The molecule has 1 aliphatic rings. The van der Waals surface area contributed by atoms with Crippen molar-refractivity contribution in [3.05, 3.63) is 58.4 Å². The number of nitrogens with zero attached hydrogens (tertiary/aromatic N) is 2. The number of carbonyl (C=O) groups excluding carboxylic acids is 2. The predicted octanol–water partition coefficient (Wildman–Crippen LogP) is 4.57. The van der Waals surface area contributed by atoms with Crippen LogP contribution in [0.1, 0.15) is 24.4 Å². The first-order valence-corrected chi connectivity index (χ1v) is 10.7. The van der Waals surface area contributed by atoms with E-state index in [-0.39, 0.29) is 11.8 Å². The largest absolute Gasteiger partial charge is 0.479 e. The van der Waals surface area contributed by atoms with Crippen molar-refractivity contribution in [2.24, 2.45) is 0 Å². The van der Waals surface area contributed by atoms with Crippen LogP contribution in [0.15, 0.2) is 47.8 Å². The number of rotatable bonds is 4. The average molecular weight is 422 g/mol. The zero-order chi connectivity index (χ0) is 21.4. The van der Waals surface area contributed by atoms with Gasteiger partial charge in [-0.25, -0.2) is 4.98 Å². The van der Waals surface area contributed by atoms with Crippen molar-refractivity contribution in [3.63, 3.8) is 0 Å². The summed E-state index contributed by atoms with van der Waals surface area (Å²) >= 11 is 1.56. The van der Waals surface area contributed by atoms with Crippen LogP contribution in [-0.2, 0) is 9.59 Å². The van der Waals surface area contributed by atoms with E-state index < -0.39 is 12.1 Å². The molecule has 30 heavy (non-hydrogen) atoms. The van der Waals surface area contributed by atoms with Crippen molar-refractivity contribution in [2.75, 3.05) is 10.2 Å². The zero-order valence-corrected chi connectivity index (χ0v) is 18.1. The number of thiazole rings is 1. The van der Waals surface area contributed by atoms with Crippen LogP contribution in [0.3, 0.4) is 0 Å². The number of benzene rings is 2. The van der Waals surface area contributed by atoms with Crippen LogP contribution in [0.2, 0.25) is 0 Å². The number of aromatic nitrogens is 1. The van der Waals surface area contributed by atoms with Crippen molar-refractivity contribution in [2.45, 2.75) is 39.8 Å². The lowest BCUT2D eigenvalue weighted by Crippen LogP contribution is -2.52. The van der Waals surface area contributed by atoms with Crippen molar-refractivity contribution in [1.29, 1.82) is 0 Å². The van der Waals surface area contributed by atoms with E-state index in [0.29, 0.717) is 17.1 Å². The Morgan fingerprint density at radius 2 is 1.93 bits per heavy atom. The van der Waals surface area contributed by atoms with E-state index in [9.17, 15) is 9.59 Å². The topological polar surface area (TPSA) is 71.5 Å². The van der Waals surface area contributed by atoms with E-state index >= 15 is 0 Å². The molecule has 6 nitrogen and oxygen atoms in total. The van der Waals surface area contributed by atoms with Gasteiger partial charge in [0, 0.05) is 16.6 Å². The maximum absolute atomic E-state index is 13.0. The predicted molar refractivity (Wildman–Crippen MR) is 119 cm³/mol. The molecule has 2 atom stereocenters. The van der Waals surface area contributed by atoms with Crippen LogP contribution in [0.25, 0.3) is 11.3 Å². The van der Waals surface area contributed by atoms with E-state index in [0.717, 1.165) is 21.8 Å². The number of fused-ring (bicyclic) bond motifs is 1. The summed E-state index contributed by atoms with van der Waals surface area (Å²) in [5.74, 6) is 0.0654. The van der Waals surface area contributed by atoms with Crippen LogP contribution in [-0.4, -0.2) is 28.9 Å². The molecule has 0 saturated carbocycles. The summed E-state index contributed by atoms with van der Waals surface area (Å²) in [5, 5.41) is 5.84. The van der Waals surface area contributed by atoms with E-state index in [4.69, 9.17) is 4.74 Å². The highest BCUT2D eigenvalue weighted by Gasteiger charge is 2.37. The highest BCUT2D eigenvalue weighted by molar-refractivity contribution is 7.09. The minimum Gasteiger partial charge on any atom is -0.479 e. The van der Waals surface area contributed by atoms with E-state index in [1.165, 1.54) is 4.90 Å². The number of anilines is 2. The quantitative estimate of drug-likeness (QED) is 0.670. The van der Waals surface area contributed by atoms with Gasteiger partial charge in [-0.3, -0.25) is 14.5 Å². The summed E-state index contributed by atoms with van der Waals surface area (Å²) in [4.78, 5) is 32.0. The van der Waals surface area contributed by atoms with Gasteiger partial charge >= 0.3 is 0 Å². The molecular formula is C23H23N3O3S. The first-order valence-electron chi connectivity index (χ1n) is 9.77. The smallest absolute Gasteiger partial charge is 0.268 e. The van der Waals surface area contributed by atoms with Gasteiger partial charge in [-0.2, -0.15) is 0 Å². The van der Waals surface area contributed by atoms with Crippen molar-refractivity contribution >= 4 is 34.5 Å². The Kier molecular flexibility index (Phi) is 5.30. The van der Waals surface area contributed by atoms with Crippen molar-refractivity contribution in [1.82, 2.24) is 4.98 Å². The van der Waals surface area contributed by atoms with Crippen LogP contribution < -0.4 is 15.0 Å². The molecule has 0 radical (unpaired) electrons. The van der Waals surface area contributed by atoms with E-state index in [2.05, 4.69) is 10.3 Å². The molecule has 4 rings (SSSR count). The van der Waals surface area contributed by atoms with Crippen LogP contribution in [0.5, 0.6) is 5.75 Å². The fourth-order valence-corrected chi connectivity index (χ4v) is 4.04. The second-order valence-corrected chi connectivity index (χ2v) is 8.50. The molecule has 1 aliphatic heterocycles. The summed E-state index contributed by atoms with van der Waals surface area (Å²) in [5.41, 5.74) is 4.09. The lowest BCUT2D eigenvalue weighted by molar-refractivity contribution is -0.128. The fraction of sp³-hybridized carbons (Fsp3) is 0.261. The Balaban J connectivity index is 1.67. The molecular weight excluding hydrogens is 398 g/mol. The highest BCUT2D eigenvalue weighted by Crippen LogP contribution is 2.39. The monoisotopic (exact) mass is 421 g/mol. The molecule has 2 aromatic carbocycles. The van der Waals surface area contributed by atoms with E-state index in [1.807, 2.05) is 61.7 Å². The minimum atomic E-state index is -0.712. The number of hydrogen-bond donors (Lipinski definition) is 1. The summed E-state index contributed by atoms with van der Waals surface area (Å²) < 4.78 is 5.79. The third kappa shape index (κ3) is 3.80. The van der Waals surface area contributed by atoms with Crippen molar-refractivity contribution < 1.29 is 14.3 Å². The van der Waals surface area contributed by atoms with Gasteiger partial charge in [0.15, 0.2) is 6.10 Å². The number of nitrogens with one attached hydrogen (secondary N) is 1. The molecule has 2 amide bonds. The van der Waals surface area contributed by atoms with E-state index in [1.54, 1.807) is 25.2 Å². The molecule has 3 aromatic rings. The minimum absolute atomic E-state index is 0.249. The third-order valence-electron chi connectivity index (χ3n) is 5.11. The Hall–Kier alpha value is -3.19. The van der Waals surface area contributed by atoms with Crippen molar-refractivity contribution in [3.8, 4) is 17.0 Å². The summed E-state index contributed by atoms with van der Waals surface area (Å²) in [6.07, 6.45) is -0.667. The number of aryl methyl sites for hydroxylation is 2. The first-order chi connectivity index (χ1) is 14.3. The van der Waals surface area contributed by atoms with Gasteiger partial charge in [0.25, 0.3) is 5.91 Å². The molecule has 0 saturated heterocycles. The van der Waals surface area contributed by atoms with Crippen LogP contribution in [0.4, 0.5) is 11.4 Å². The lowest BCUT2D eigenvalue weighted by atomic mass is 10.1. The standard InChI is InChI=1S/C23H23N3O3S/c1-13-5-8-18(9-6-13)25-22(27)14(2)26-20-11-17(19-12-30-16(4)24-19)7-10-21(20)29-15(3)23(26)28/h5-12,14-15H,1-4H3,(H,25,27). The first kappa shape index (κ1) is 20.1. The highest BCUT2D eigenvalue weighted by atomic mass is 32.1.